The Hall–Kier alpha value is -3.43. The molecule has 3 rings (SSSR count). The number of alkyl halides is 4. The Labute approximate surface area is 180 Å². The van der Waals surface area contributed by atoms with Crippen molar-refractivity contribution in [3.05, 3.63) is 63.7 Å². The van der Waals surface area contributed by atoms with Crippen LogP contribution in [0.25, 0.3) is 10.9 Å². The summed E-state index contributed by atoms with van der Waals surface area (Å²) in [5, 5.41) is -0.238. The van der Waals surface area contributed by atoms with Crippen LogP contribution < -0.4 is 10.3 Å². The highest BCUT2D eigenvalue weighted by Gasteiger charge is 2.42. The molecule has 1 aromatic carbocycles. The molecule has 170 valence electrons. The second-order valence-electron chi connectivity index (χ2n) is 7.17. The molecular weight excluding hydrogens is 432 g/mol. The van der Waals surface area contributed by atoms with Crippen LogP contribution in [0.5, 0.6) is 5.75 Å². The minimum absolute atomic E-state index is 0.202. The summed E-state index contributed by atoms with van der Waals surface area (Å²) in [5.41, 5.74) is 0.0392. The molecule has 6 nitrogen and oxygen atoms in total. The van der Waals surface area contributed by atoms with E-state index in [9.17, 15) is 31.9 Å². The van der Waals surface area contributed by atoms with Gasteiger partial charge >= 0.3 is 12.3 Å². The Morgan fingerprint density at radius 3 is 2.44 bits per heavy atom. The third-order valence-electron chi connectivity index (χ3n) is 5.15. The lowest BCUT2D eigenvalue weighted by Gasteiger charge is -2.16. The number of aryl methyl sites for hydroxylation is 2. The first-order valence-electron chi connectivity index (χ1n) is 9.69. The molecular formula is C22H20F4N2O4. The molecule has 10 heteroatoms. The van der Waals surface area contributed by atoms with Gasteiger partial charge in [0.15, 0.2) is 24.4 Å². The average molecular weight is 452 g/mol. The molecule has 0 radical (unpaired) electrons. The van der Waals surface area contributed by atoms with E-state index in [2.05, 4.69) is 0 Å². The summed E-state index contributed by atoms with van der Waals surface area (Å²) in [5.74, 6) is -5.36. The zero-order valence-corrected chi connectivity index (χ0v) is 17.3. The number of rotatable bonds is 9. The third kappa shape index (κ3) is 4.17. The number of benzene rings is 1. The average Bonchev–Trinajstić information content (AvgIpc) is 3.05. The van der Waals surface area contributed by atoms with Crippen molar-refractivity contribution in [2.75, 3.05) is 6.61 Å². The molecule has 0 aliphatic carbocycles. The summed E-state index contributed by atoms with van der Waals surface area (Å²) in [6.45, 7) is -0.295. The Balaban J connectivity index is 2.16. The van der Waals surface area contributed by atoms with Crippen molar-refractivity contribution in [2.45, 2.75) is 32.2 Å². The molecule has 32 heavy (non-hydrogen) atoms. The summed E-state index contributed by atoms with van der Waals surface area (Å²) in [6.07, 6.45) is -3.33. The van der Waals surface area contributed by atoms with Gasteiger partial charge in [0.2, 0.25) is 0 Å². The lowest BCUT2D eigenvalue weighted by molar-refractivity contribution is -0.148. The van der Waals surface area contributed by atoms with Crippen LogP contribution in [0.2, 0.25) is 0 Å². The predicted molar refractivity (Wildman–Crippen MR) is 109 cm³/mol. The van der Waals surface area contributed by atoms with E-state index in [4.69, 9.17) is 4.74 Å². The molecule has 3 aromatic rings. The Kier molecular flexibility index (Phi) is 6.52. The topological polar surface area (TPSA) is 70.3 Å². The third-order valence-corrected chi connectivity index (χ3v) is 5.15. The molecule has 0 amide bonds. The molecule has 0 aliphatic rings. The first-order valence-corrected chi connectivity index (χ1v) is 9.69. The lowest BCUT2D eigenvalue weighted by atomic mass is 10.1. The van der Waals surface area contributed by atoms with Gasteiger partial charge in [-0.3, -0.25) is 14.4 Å². The summed E-state index contributed by atoms with van der Waals surface area (Å²) < 4.78 is 59.3. The number of hydrogen-bond acceptors (Lipinski definition) is 4. The monoisotopic (exact) mass is 452 g/mol. The number of aldehydes is 1. The highest BCUT2D eigenvalue weighted by atomic mass is 19.3. The number of Topliss-reactive ketones (excluding diaryl/α,β-unsaturated/α-hetero) is 1. The van der Waals surface area contributed by atoms with Gasteiger partial charge in [-0.15, -0.1) is 0 Å². The molecule has 0 bridgehead atoms. The van der Waals surface area contributed by atoms with Crippen LogP contribution in [-0.4, -0.2) is 40.2 Å². The maximum atomic E-state index is 13.4. The molecule has 0 unspecified atom stereocenters. The molecule has 0 fully saturated rings. The van der Waals surface area contributed by atoms with E-state index in [1.54, 1.807) is 43.3 Å². The van der Waals surface area contributed by atoms with E-state index in [-0.39, 0.29) is 28.9 Å². The number of pyridine rings is 1. The van der Waals surface area contributed by atoms with Crippen molar-refractivity contribution in [1.29, 1.82) is 0 Å². The molecule has 2 heterocycles. The predicted octanol–water partition coefficient (Wildman–Crippen LogP) is 3.88. The standard InChI is InChI=1S/C22H20F4N2O4/c1-3-14-9-15-18(20(31)28(14)10-17(30)13-7-5-4-6-8-13)19(16(11-29)27(15)2)32-12-22(25,26)21(23)24/h4-9,11,21H,3,10,12H2,1-2H3. The first kappa shape index (κ1) is 23.2. The number of carbonyl (C=O) groups is 2. The molecule has 0 aliphatic heterocycles. The highest BCUT2D eigenvalue weighted by Crippen LogP contribution is 2.32. The van der Waals surface area contributed by atoms with Gasteiger partial charge in [0, 0.05) is 18.3 Å². The van der Waals surface area contributed by atoms with Gasteiger partial charge in [-0.1, -0.05) is 37.3 Å². The number of carbonyl (C=O) groups excluding carboxylic acids is 2. The molecule has 0 saturated heterocycles. The SMILES string of the molecule is CCc1cc2c(c(OCC(F)(F)C(F)F)c(C=O)n2C)c(=O)n1CC(=O)c1ccccc1. The van der Waals surface area contributed by atoms with Crippen molar-refractivity contribution in [2.24, 2.45) is 7.05 Å². The second kappa shape index (κ2) is 8.97. The molecule has 2 aromatic heterocycles. The number of halogens is 4. The van der Waals surface area contributed by atoms with Crippen LogP contribution in [0.4, 0.5) is 17.6 Å². The van der Waals surface area contributed by atoms with Crippen LogP contribution in [-0.2, 0) is 20.0 Å². The number of ether oxygens (including phenoxy) is 1. The van der Waals surface area contributed by atoms with Crippen LogP contribution in [0.1, 0.15) is 33.5 Å². The largest absolute Gasteiger partial charge is 0.484 e. The normalized spacial score (nSPS) is 11.8. The van der Waals surface area contributed by atoms with Gasteiger partial charge in [-0.05, 0) is 12.5 Å². The summed E-state index contributed by atoms with van der Waals surface area (Å²) in [4.78, 5) is 37.6. The number of aromatic nitrogens is 2. The van der Waals surface area contributed by atoms with Gasteiger partial charge < -0.3 is 13.9 Å². The summed E-state index contributed by atoms with van der Waals surface area (Å²) in [6, 6.07) is 9.79. The van der Waals surface area contributed by atoms with Crippen molar-refractivity contribution in [3.8, 4) is 5.75 Å². The quantitative estimate of drug-likeness (QED) is 0.281. The van der Waals surface area contributed by atoms with Crippen molar-refractivity contribution >= 4 is 23.0 Å². The number of fused-ring (bicyclic) bond motifs is 1. The number of hydrogen-bond donors (Lipinski definition) is 0. The van der Waals surface area contributed by atoms with Crippen LogP contribution in [0.3, 0.4) is 0 Å². The zero-order valence-electron chi connectivity index (χ0n) is 17.3. The second-order valence-corrected chi connectivity index (χ2v) is 7.17. The minimum atomic E-state index is -4.48. The fraction of sp³-hybridized carbons (Fsp3) is 0.318. The smallest absolute Gasteiger partial charge is 0.340 e. The van der Waals surface area contributed by atoms with Crippen molar-refractivity contribution < 1.29 is 31.9 Å². The first-order chi connectivity index (χ1) is 15.1. The van der Waals surface area contributed by atoms with Crippen LogP contribution >= 0.6 is 0 Å². The van der Waals surface area contributed by atoms with Crippen LogP contribution in [0, 0.1) is 0 Å². The Bertz CT molecular complexity index is 1220. The lowest BCUT2D eigenvalue weighted by Crippen LogP contribution is -2.34. The van der Waals surface area contributed by atoms with Gasteiger partial charge in [0.25, 0.3) is 5.56 Å². The minimum Gasteiger partial charge on any atom is -0.484 e. The van der Waals surface area contributed by atoms with Crippen LogP contribution in [0.15, 0.2) is 41.2 Å². The zero-order chi connectivity index (χ0) is 23.6. The number of ketones is 1. The van der Waals surface area contributed by atoms with E-state index < -0.39 is 30.3 Å². The Morgan fingerprint density at radius 1 is 1.22 bits per heavy atom. The highest BCUT2D eigenvalue weighted by molar-refractivity contribution is 5.98. The number of nitrogens with zero attached hydrogens (tertiary/aromatic N) is 2. The fourth-order valence-electron chi connectivity index (χ4n) is 3.41. The van der Waals surface area contributed by atoms with E-state index >= 15 is 0 Å². The van der Waals surface area contributed by atoms with E-state index in [1.165, 1.54) is 16.2 Å². The van der Waals surface area contributed by atoms with E-state index in [1.807, 2.05) is 0 Å². The maximum Gasteiger partial charge on any atom is 0.340 e. The Morgan fingerprint density at radius 2 is 1.88 bits per heavy atom. The molecule has 0 atom stereocenters. The van der Waals surface area contributed by atoms with Gasteiger partial charge in [0.05, 0.1) is 12.1 Å². The molecule has 0 spiro atoms. The van der Waals surface area contributed by atoms with Gasteiger partial charge in [-0.25, -0.2) is 8.78 Å². The summed E-state index contributed by atoms with van der Waals surface area (Å²) in [7, 11) is 1.42. The summed E-state index contributed by atoms with van der Waals surface area (Å²) >= 11 is 0. The van der Waals surface area contributed by atoms with Gasteiger partial charge in [-0.2, -0.15) is 8.78 Å². The van der Waals surface area contributed by atoms with Crippen molar-refractivity contribution in [3.63, 3.8) is 0 Å². The van der Waals surface area contributed by atoms with E-state index in [0.717, 1.165) is 0 Å². The van der Waals surface area contributed by atoms with Crippen molar-refractivity contribution in [1.82, 2.24) is 9.13 Å². The molecule has 0 N–H and O–H groups in total. The molecule has 0 saturated carbocycles. The van der Waals surface area contributed by atoms with Gasteiger partial charge in [0.1, 0.15) is 11.1 Å². The maximum absolute atomic E-state index is 13.4. The fourth-order valence-corrected chi connectivity index (χ4v) is 3.41. The van der Waals surface area contributed by atoms with E-state index in [0.29, 0.717) is 24.0 Å².